The summed E-state index contributed by atoms with van der Waals surface area (Å²) >= 11 is 0. The molecule has 0 atom stereocenters. The van der Waals surface area contributed by atoms with Crippen molar-refractivity contribution in [2.75, 3.05) is 0 Å². The van der Waals surface area contributed by atoms with Gasteiger partial charge >= 0.3 is 7.75 Å². The molecule has 0 bridgehead atoms. The minimum atomic E-state index is -4.08. The third-order valence-electron chi connectivity index (χ3n) is 4.20. The van der Waals surface area contributed by atoms with Crippen molar-refractivity contribution in [3.63, 3.8) is 0 Å². The Hall–Kier alpha value is 0.110. The summed E-state index contributed by atoms with van der Waals surface area (Å²) in [6.45, 7) is 0. The zero-order valence-corrected chi connectivity index (χ0v) is 11.3. The first-order chi connectivity index (χ1) is 8.09. The molecule has 17 heavy (non-hydrogen) atoms. The normalized spacial score (nSPS) is 25.4. The van der Waals surface area contributed by atoms with E-state index in [1.165, 1.54) is 12.8 Å². The lowest BCUT2D eigenvalue weighted by atomic mass is 9.91. The quantitative estimate of drug-likeness (QED) is 0.766. The summed E-state index contributed by atoms with van der Waals surface area (Å²) in [5, 5.41) is 0. The summed E-state index contributed by atoms with van der Waals surface area (Å²) in [6.07, 6.45) is 10.8. The Kier molecular flexibility index (Phi) is 4.65. The van der Waals surface area contributed by atoms with E-state index < -0.39 is 7.75 Å². The largest absolute Gasteiger partial charge is 0.403 e. The Labute approximate surface area is 104 Å². The second-order valence-corrected chi connectivity index (χ2v) is 6.97. The predicted octanol–water partition coefficient (Wildman–Crippen LogP) is 3.05. The van der Waals surface area contributed by atoms with Crippen molar-refractivity contribution in [2.45, 2.75) is 76.3 Å². The van der Waals surface area contributed by atoms with Crippen molar-refractivity contribution in [3.05, 3.63) is 0 Å². The Morgan fingerprint density at radius 1 is 0.765 bits per heavy atom. The highest BCUT2D eigenvalue weighted by Crippen LogP contribution is 2.48. The molecule has 0 aromatic rings. The fourth-order valence-electron chi connectivity index (χ4n) is 3.41. The first kappa shape index (κ1) is 13.5. The molecule has 0 radical (unpaired) electrons. The van der Waals surface area contributed by atoms with Gasteiger partial charge < -0.3 is 9.79 Å². The second kappa shape index (κ2) is 5.83. The van der Waals surface area contributed by atoms with Crippen LogP contribution in [0.25, 0.3) is 0 Å². The highest BCUT2D eigenvalue weighted by molar-refractivity contribution is 7.49. The van der Waals surface area contributed by atoms with Gasteiger partial charge in [-0.1, -0.05) is 38.5 Å². The zero-order chi connectivity index (χ0) is 12.3. The highest BCUT2D eigenvalue weighted by atomic mass is 31.2. The molecule has 100 valence electrons. The summed E-state index contributed by atoms with van der Waals surface area (Å²) in [6, 6.07) is 0.236. The maximum absolute atomic E-state index is 11.8. The van der Waals surface area contributed by atoms with Gasteiger partial charge in [-0.3, -0.25) is 0 Å². The molecule has 2 saturated carbocycles. The number of nitrogens with zero attached hydrogens (tertiary/aromatic N) is 1. The van der Waals surface area contributed by atoms with Crippen LogP contribution in [0.15, 0.2) is 0 Å². The molecular weight excluding hydrogens is 237 g/mol. The maximum Gasteiger partial charge on any atom is 0.403 e. The van der Waals surface area contributed by atoms with Gasteiger partial charge in [0, 0.05) is 12.1 Å². The molecule has 2 N–H and O–H groups in total. The minimum Gasteiger partial charge on any atom is -0.312 e. The minimum absolute atomic E-state index is 0.118. The second-order valence-electron chi connectivity index (χ2n) is 5.48. The Balaban J connectivity index is 2.09. The smallest absolute Gasteiger partial charge is 0.312 e. The van der Waals surface area contributed by atoms with Crippen LogP contribution in [0.3, 0.4) is 0 Å². The molecule has 0 unspecified atom stereocenters. The molecule has 4 nitrogen and oxygen atoms in total. The van der Waals surface area contributed by atoms with Crippen LogP contribution in [-0.4, -0.2) is 26.5 Å². The molecule has 2 fully saturated rings. The Morgan fingerprint density at radius 2 is 1.12 bits per heavy atom. The molecule has 0 aliphatic heterocycles. The van der Waals surface area contributed by atoms with E-state index in [1.807, 2.05) is 0 Å². The SMILES string of the molecule is O=P(O)(O)N(C1CCCCC1)C1CCCCC1. The number of hydrogen-bond donors (Lipinski definition) is 2. The van der Waals surface area contributed by atoms with Gasteiger partial charge in [0.25, 0.3) is 0 Å². The summed E-state index contributed by atoms with van der Waals surface area (Å²) in [4.78, 5) is 19.2. The van der Waals surface area contributed by atoms with E-state index >= 15 is 0 Å². The topological polar surface area (TPSA) is 60.8 Å². The van der Waals surface area contributed by atoms with Gasteiger partial charge in [0.2, 0.25) is 0 Å². The van der Waals surface area contributed by atoms with Crippen LogP contribution in [0.4, 0.5) is 0 Å². The van der Waals surface area contributed by atoms with E-state index in [2.05, 4.69) is 0 Å². The molecule has 0 saturated heterocycles. The van der Waals surface area contributed by atoms with Gasteiger partial charge in [-0.2, -0.15) is 0 Å². The monoisotopic (exact) mass is 261 g/mol. The van der Waals surface area contributed by atoms with Gasteiger partial charge in [0.15, 0.2) is 0 Å². The van der Waals surface area contributed by atoms with Gasteiger partial charge in [0.1, 0.15) is 0 Å². The summed E-state index contributed by atoms with van der Waals surface area (Å²) in [7, 11) is -4.08. The Morgan fingerprint density at radius 3 is 1.41 bits per heavy atom. The van der Waals surface area contributed by atoms with Crippen LogP contribution in [0.2, 0.25) is 0 Å². The van der Waals surface area contributed by atoms with Gasteiger partial charge in [0.05, 0.1) is 0 Å². The number of rotatable bonds is 3. The van der Waals surface area contributed by atoms with Crippen LogP contribution in [0, 0.1) is 0 Å². The maximum atomic E-state index is 11.8. The average Bonchev–Trinajstić information content (AvgIpc) is 2.30. The van der Waals surface area contributed by atoms with E-state index in [-0.39, 0.29) is 12.1 Å². The standard InChI is InChI=1S/C12H24NO3P/c14-17(15,16)13(11-7-3-1-4-8-11)12-9-5-2-6-10-12/h11-12H,1-10H2,(H2,14,15,16). The van der Waals surface area contributed by atoms with E-state index in [0.29, 0.717) is 0 Å². The van der Waals surface area contributed by atoms with Gasteiger partial charge in [-0.25, -0.2) is 9.24 Å². The number of hydrogen-bond acceptors (Lipinski definition) is 1. The van der Waals surface area contributed by atoms with Crippen molar-refractivity contribution in [1.82, 2.24) is 4.67 Å². The van der Waals surface area contributed by atoms with E-state index in [4.69, 9.17) is 0 Å². The van der Waals surface area contributed by atoms with Gasteiger partial charge in [-0.15, -0.1) is 0 Å². The van der Waals surface area contributed by atoms with Gasteiger partial charge in [-0.05, 0) is 25.7 Å². The lowest BCUT2D eigenvalue weighted by Crippen LogP contribution is -2.42. The highest BCUT2D eigenvalue weighted by Gasteiger charge is 2.39. The Bertz CT molecular complexity index is 261. The van der Waals surface area contributed by atoms with Crippen molar-refractivity contribution < 1.29 is 14.4 Å². The van der Waals surface area contributed by atoms with Crippen molar-refractivity contribution in [2.24, 2.45) is 0 Å². The van der Waals surface area contributed by atoms with Crippen LogP contribution >= 0.6 is 7.75 Å². The fraction of sp³-hybridized carbons (Fsp3) is 1.00. The van der Waals surface area contributed by atoms with Crippen molar-refractivity contribution in [3.8, 4) is 0 Å². The van der Waals surface area contributed by atoms with Crippen LogP contribution in [-0.2, 0) is 4.57 Å². The lowest BCUT2D eigenvalue weighted by Gasteiger charge is -2.41. The summed E-state index contributed by atoms with van der Waals surface area (Å²) in [5.74, 6) is 0. The molecule has 2 aliphatic rings. The van der Waals surface area contributed by atoms with Crippen LogP contribution < -0.4 is 0 Å². The average molecular weight is 261 g/mol. The zero-order valence-electron chi connectivity index (χ0n) is 10.4. The molecule has 0 aromatic carbocycles. The summed E-state index contributed by atoms with van der Waals surface area (Å²) < 4.78 is 13.3. The summed E-state index contributed by atoms with van der Waals surface area (Å²) in [5.41, 5.74) is 0. The van der Waals surface area contributed by atoms with Crippen LogP contribution in [0.5, 0.6) is 0 Å². The van der Waals surface area contributed by atoms with E-state index in [1.54, 1.807) is 4.67 Å². The molecule has 0 spiro atoms. The first-order valence-corrected chi connectivity index (χ1v) is 8.50. The molecule has 2 rings (SSSR count). The molecule has 0 heterocycles. The first-order valence-electron chi connectivity index (χ1n) is 6.93. The molecular formula is C12H24NO3P. The molecule has 0 aromatic heterocycles. The lowest BCUT2D eigenvalue weighted by molar-refractivity contribution is 0.128. The predicted molar refractivity (Wildman–Crippen MR) is 67.6 cm³/mol. The molecule has 5 heteroatoms. The van der Waals surface area contributed by atoms with E-state index in [0.717, 1.165) is 51.4 Å². The van der Waals surface area contributed by atoms with E-state index in [9.17, 15) is 14.4 Å². The van der Waals surface area contributed by atoms with Crippen molar-refractivity contribution >= 4 is 7.75 Å². The molecule has 0 amide bonds. The third kappa shape index (κ3) is 3.54. The third-order valence-corrected chi connectivity index (χ3v) is 5.45. The van der Waals surface area contributed by atoms with Crippen LogP contribution in [0.1, 0.15) is 64.2 Å². The fourth-order valence-corrected chi connectivity index (χ4v) is 4.73. The molecule has 2 aliphatic carbocycles. The van der Waals surface area contributed by atoms with Crippen molar-refractivity contribution in [1.29, 1.82) is 0 Å².